The number of rotatable bonds is 10. The van der Waals surface area contributed by atoms with E-state index in [1.807, 2.05) is 37.0 Å². The van der Waals surface area contributed by atoms with Crippen molar-refractivity contribution in [2.45, 2.75) is 45.8 Å². The number of ether oxygens (including phenoxy) is 1. The van der Waals surface area contributed by atoms with Gasteiger partial charge in [-0.3, -0.25) is 0 Å². The Morgan fingerprint density at radius 3 is 2.67 bits per heavy atom. The van der Waals surface area contributed by atoms with Crippen LogP contribution in [0.4, 0.5) is 4.39 Å². The smallest absolute Gasteiger partial charge is 0.192 e. The van der Waals surface area contributed by atoms with Crippen LogP contribution in [0.15, 0.2) is 66.2 Å². The van der Waals surface area contributed by atoms with Gasteiger partial charge in [-0.05, 0) is 61.4 Å². The van der Waals surface area contributed by atoms with Gasteiger partial charge in [0, 0.05) is 25.5 Å². The van der Waals surface area contributed by atoms with Gasteiger partial charge in [0.15, 0.2) is 17.5 Å². The fraction of sp³-hybridized carbons (Fsp3) is 0.385. The van der Waals surface area contributed by atoms with Crippen LogP contribution in [0.5, 0.6) is 5.75 Å². The van der Waals surface area contributed by atoms with E-state index in [2.05, 4.69) is 39.9 Å². The van der Waals surface area contributed by atoms with E-state index < -0.39 is 0 Å². The summed E-state index contributed by atoms with van der Waals surface area (Å²) >= 11 is 0. The largest absolute Gasteiger partial charge is 0.490 e. The van der Waals surface area contributed by atoms with Crippen LogP contribution in [-0.2, 0) is 13.1 Å². The molecule has 1 aromatic heterocycles. The summed E-state index contributed by atoms with van der Waals surface area (Å²) in [7, 11) is 0. The molecule has 6 nitrogen and oxygen atoms in total. The molecule has 1 aliphatic rings. The number of hydrogen-bond acceptors (Lipinski definition) is 3. The Morgan fingerprint density at radius 1 is 1.21 bits per heavy atom. The lowest BCUT2D eigenvalue weighted by molar-refractivity contribution is 0.285. The topological polar surface area (TPSA) is 63.5 Å². The van der Waals surface area contributed by atoms with Gasteiger partial charge < -0.3 is 19.9 Å². The first-order valence-corrected chi connectivity index (χ1v) is 11.6. The van der Waals surface area contributed by atoms with Crippen molar-refractivity contribution in [2.75, 3.05) is 13.2 Å². The maximum absolute atomic E-state index is 14.5. The number of hydrogen-bond donors (Lipinski definition) is 2. The lowest BCUT2D eigenvalue weighted by Gasteiger charge is -2.19. The number of nitrogens with one attached hydrogen (secondary N) is 2. The van der Waals surface area contributed by atoms with Crippen molar-refractivity contribution < 1.29 is 9.13 Å². The van der Waals surface area contributed by atoms with Crippen LogP contribution >= 0.6 is 0 Å². The van der Waals surface area contributed by atoms with Gasteiger partial charge in [-0.2, -0.15) is 0 Å². The second-order valence-electron chi connectivity index (χ2n) is 8.56. The summed E-state index contributed by atoms with van der Waals surface area (Å²) < 4.78 is 22.1. The first-order chi connectivity index (χ1) is 16.1. The predicted molar refractivity (Wildman–Crippen MR) is 129 cm³/mol. The SMILES string of the molecule is CCNC(=NCc1ccc(Cn2ccnc2)cc1)NC(C)c1ccc(OCC2CC2)c(F)c1. The molecule has 1 atom stereocenters. The van der Waals surface area contributed by atoms with Crippen molar-refractivity contribution >= 4 is 5.96 Å². The summed E-state index contributed by atoms with van der Waals surface area (Å²) in [6.45, 7) is 6.72. The van der Waals surface area contributed by atoms with Gasteiger partial charge in [0.1, 0.15) is 0 Å². The Morgan fingerprint density at radius 2 is 2.00 bits per heavy atom. The van der Waals surface area contributed by atoms with E-state index in [4.69, 9.17) is 9.73 Å². The molecule has 7 heteroatoms. The summed E-state index contributed by atoms with van der Waals surface area (Å²) in [4.78, 5) is 8.79. The molecule has 2 aromatic carbocycles. The highest BCUT2D eigenvalue weighted by atomic mass is 19.1. The number of halogens is 1. The number of imidazole rings is 1. The molecule has 4 rings (SSSR count). The van der Waals surface area contributed by atoms with Gasteiger partial charge >= 0.3 is 0 Å². The molecule has 1 heterocycles. The zero-order valence-electron chi connectivity index (χ0n) is 19.3. The Labute approximate surface area is 194 Å². The number of aromatic nitrogens is 2. The first kappa shape index (κ1) is 22.8. The monoisotopic (exact) mass is 449 g/mol. The van der Waals surface area contributed by atoms with Crippen molar-refractivity contribution in [3.8, 4) is 5.75 Å². The fourth-order valence-electron chi connectivity index (χ4n) is 3.52. The number of nitrogens with zero attached hydrogens (tertiary/aromatic N) is 3. The van der Waals surface area contributed by atoms with Crippen molar-refractivity contribution in [1.29, 1.82) is 0 Å². The molecule has 0 bridgehead atoms. The second kappa shape index (κ2) is 11.0. The average molecular weight is 450 g/mol. The average Bonchev–Trinajstić information content (AvgIpc) is 3.51. The minimum absolute atomic E-state index is 0.104. The summed E-state index contributed by atoms with van der Waals surface area (Å²) in [5, 5.41) is 6.64. The summed E-state index contributed by atoms with van der Waals surface area (Å²) in [5.41, 5.74) is 3.18. The van der Waals surface area contributed by atoms with Crippen LogP contribution in [0, 0.1) is 11.7 Å². The molecule has 0 amide bonds. The minimum atomic E-state index is -0.320. The molecular weight excluding hydrogens is 417 g/mol. The molecule has 0 aliphatic heterocycles. The molecule has 2 N–H and O–H groups in total. The molecule has 0 saturated heterocycles. The standard InChI is InChI=1S/C26H32FN5O/c1-3-29-26(30-15-20-4-6-21(7-5-20)16-32-13-12-28-18-32)31-19(2)23-10-11-25(24(27)14-23)33-17-22-8-9-22/h4-7,10-14,18-19,22H,3,8-9,15-17H2,1-2H3,(H2,29,30,31). The molecule has 174 valence electrons. The predicted octanol–water partition coefficient (Wildman–Crippen LogP) is 4.68. The van der Waals surface area contributed by atoms with E-state index in [1.54, 1.807) is 18.3 Å². The Bertz CT molecular complexity index is 1050. The van der Waals surface area contributed by atoms with Crippen LogP contribution < -0.4 is 15.4 Å². The quantitative estimate of drug-likeness (QED) is 0.349. The molecule has 3 aromatic rings. The molecule has 0 radical (unpaired) electrons. The summed E-state index contributed by atoms with van der Waals surface area (Å²) in [6.07, 6.45) is 7.92. The molecule has 1 unspecified atom stereocenters. The van der Waals surface area contributed by atoms with E-state index >= 15 is 0 Å². The second-order valence-corrected chi connectivity index (χ2v) is 8.56. The lowest BCUT2D eigenvalue weighted by atomic mass is 10.1. The molecule has 33 heavy (non-hydrogen) atoms. The number of guanidine groups is 1. The summed E-state index contributed by atoms with van der Waals surface area (Å²) in [5.74, 6) is 1.30. The van der Waals surface area contributed by atoms with Gasteiger partial charge in [0.2, 0.25) is 0 Å². The van der Waals surface area contributed by atoms with Crippen LogP contribution in [0.2, 0.25) is 0 Å². The van der Waals surface area contributed by atoms with E-state index in [-0.39, 0.29) is 11.9 Å². The van der Waals surface area contributed by atoms with Crippen LogP contribution in [0.25, 0.3) is 0 Å². The van der Waals surface area contributed by atoms with Crippen molar-refractivity contribution in [2.24, 2.45) is 10.9 Å². The Balaban J connectivity index is 1.34. The van der Waals surface area contributed by atoms with Crippen LogP contribution in [0.1, 0.15) is 49.4 Å². The normalized spacial score (nSPS) is 14.7. The van der Waals surface area contributed by atoms with E-state index in [0.717, 1.165) is 24.2 Å². The maximum Gasteiger partial charge on any atom is 0.192 e. The fourth-order valence-corrected chi connectivity index (χ4v) is 3.52. The van der Waals surface area contributed by atoms with Crippen molar-refractivity contribution in [3.05, 3.63) is 83.7 Å². The number of benzene rings is 2. The molecule has 0 spiro atoms. The third kappa shape index (κ3) is 6.81. The van der Waals surface area contributed by atoms with Gasteiger partial charge in [0.25, 0.3) is 0 Å². The molecule has 1 fully saturated rings. The van der Waals surface area contributed by atoms with Gasteiger partial charge in [-0.1, -0.05) is 30.3 Å². The first-order valence-electron chi connectivity index (χ1n) is 11.6. The highest BCUT2D eigenvalue weighted by Gasteiger charge is 2.22. The van der Waals surface area contributed by atoms with E-state index in [0.29, 0.717) is 30.8 Å². The van der Waals surface area contributed by atoms with Crippen LogP contribution in [0.3, 0.4) is 0 Å². The van der Waals surface area contributed by atoms with Gasteiger partial charge in [-0.15, -0.1) is 0 Å². The van der Waals surface area contributed by atoms with Crippen molar-refractivity contribution in [1.82, 2.24) is 20.2 Å². The highest BCUT2D eigenvalue weighted by Crippen LogP contribution is 2.30. The molecule has 1 aliphatic carbocycles. The van der Waals surface area contributed by atoms with Gasteiger partial charge in [0.05, 0.1) is 25.5 Å². The maximum atomic E-state index is 14.5. The molecular formula is C26H32FN5O. The summed E-state index contributed by atoms with van der Waals surface area (Å²) in [6, 6.07) is 13.5. The minimum Gasteiger partial charge on any atom is -0.490 e. The molecule has 1 saturated carbocycles. The van der Waals surface area contributed by atoms with E-state index in [1.165, 1.54) is 18.4 Å². The third-order valence-electron chi connectivity index (χ3n) is 5.69. The Hall–Kier alpha value is -3.35. The highest BCUT2D eigenvalue weighted by molar-refractivity contribution is 5.80. The zero-order valence-corrected chi connectivity index (χ0v) is 19.3. The zero-order chi connectivity index (χ0) is 23.0. The van der Waals surface area contributed by atoms with Gasteiger partial charge in [-0.25, -0.2) is 14.4 Å². The lowest BCUT2D eigenvalue weighted by Crippen LogP contribution is -2.38. The Kier molecular flexibility index (Phi) is 7.60. The van der Waals surface area contributed by atoms with E-state index in [9.17, 15) is 4.39 Å². The van der Waals surface area contributed by atoms with Crippen molar-refractivity contribution in [3.63, 3.8) is 0 Å². The van der Waals surface area contributed by atoms with Crippen LogP contribution in [-0.4, -0.2) is 28.7 Å². The number of aliphatic imine (C=N–C) groups is 1. The third-order valence-corrected chi connectivity index (χ3v) is 5.69.